The van der Waals surface area contributed by atoms with E-state index in [1.165, 1.54) is 19.3 Å². The number of likely N-dealkylation sites (tertiary alicyclic amines) is 1. The van der Waals surface area contributed by atoms with E-state index in [0.717, 1.165) is 63.9 Å². The summed E-state index contributed by atoms with van der Waals surface area (Å²) in [6.07, 6.45) is 5.92. The Hall–Kier alpha value is -0.320. The molecule has 1 amide bonds. The van der Waals surface area contributed by atoms with Gasteiger partial charge in [-0.3, -0.25) is 9.69 Å². The van der Waals surface area contributed by atoms with Crippen LogP contribution in [0.2, 0.25) is 0 Å². The first-order chi connectivity index (χ1) is 10.6. The van der Waals surface area contributed by atoms with Gasteiger partial charge in [-0.25, -0.2) is 0 Å². The molecule has 0 aromatic carbocycles. The number of amides is 1. The Labute approximate surface area is 147 Å². The molecule has 1 saturated carbocycles. The predicted molar refractivity (Wildman–Crippen MR) is 97.0 cm³/mol. The fourth-order valence-electron chi connectivity index (χ4n) is 4.58. The second kappa shape index (κ2) is 8.68. The van der Waals surface area contributed by atoms with Gasteiger partial charge in [0.25, 0.3) is 0 Å². The molecule has 2 heterocycles. The topological polar surface area (TPSA) is 35.6 Å². The molecule has 4 nitrogen and oxygen atoms in total. The number of rotatable bonds is 3. The van der Waals surface area contributed by atoms with E-state index in [0.29, 0.717) is 17.9 Å². The molecule has 2 saturated heterocycles. The van der Waals surface area contributed by atoms with Crippen molar-refractivity contribution in [2.24, 2.45) is 17.8 Å². The monoisotopic (exact) mass is 343 g/mol. The van der Waals surface area contributed by atoms with Crippen LogP contribution < -0.4 is 5.32 Å². The van der Waals surface area contributed by atoms with E-state index in [1.54, 1.807) is 0 Å². The van der Waals surface area contributed by atoms with E-state index in [-0.39, 0.29) is 12.4 Å². The lowest BCUT2D eigenvalue weighted by molar-refractivity contribution is -0.136. The van der Waals surface area contributed by atoms with E-state index in [2.05, 4.69) is 29.0 Å². The fraction of sp³-hybridized carbons (Fsp3) is 0.944. The number of hydrogen-bond donors (Lipinski definition) is 1. The minimum Gasteiger partial charge on any atom is -0.341 e. The molecule has 1 unspecified atom stereocenters. The number of piperazine rings is 1. The van der Waals surface area contributed by atoms with Crippen molar-refractivity contribution in [3.63, 3.8) is 0 Å². The normalized spacial score (nSPS) is 32.8. The second-order valence-electron chi connectivity index (χ2n) is 7.87. The molecule has 1 N–H and O–H groups in total. The molecule has 0 aromatic rings. The minimum absolute atomic E-state index is 0. The van der Waals surface area contributed by atoms with Gasteiger partial charge < -0.3 is 10.2 Å². The summed E-state index contributed by atoms with van der Waals surface area (Å²) in [4.78, 5) is 17.6. The third-order valence-electron chi connectivity index (χ3n) is 6.21. The number of nitrogens with zero attached hydrogens (tertiary/aromatic N) is 2. The van der Waals surface area contributed by atoms with Crippen LogP contribution in [0.3, 0.4) is 0 Å². The molecule has 1 aliphatic carbocycles. The lowest BCUT2D eigenvalue weighted by Gasteiger charge is -2.34. The molecule has 0 bridgehead atoms. The van der Waals surface area contributed by atoms with Gasteiger partial charge in [0.1, 0.15) is 0 Å². The van der Waals surface area contributed by atoms with Gasteiger partial charge in [-0.15, -0.1) is 12.4 Å². The van der Waals surface area contributed by atoms with Gasteiger partial charge in [-0.05, 0) is 43.9 Å². The molecule has 1 atom stereocenters. The largest absolute Gasteiger partial charge is 0.341 e. The third-order valence-corrected chi connectivity index (χ3v) is 6.21. The highest BCUT2D eigenvalue weighted by Crippen LogP contribution is 2.34. The standard InChI is InChI=1S/C18H33N3O.ClH/c1-14(2)15-3-5-16(6-4-15)18(22)21-10-7-17(13-21)20-11-8-19-9-12-20;/h14-17,19H,3-13H2,1-2H3;1H. The third kappa shape index (κ3) is 4.61. The van der Waals surface area contributed by atoms with Gasteiger partial charge in [0, 0.05) is 51.2 Å². The lowest BCUT2D eigenvalue weighted by atomic mass is 9.76. The van der Waals surface area contributed by atoms with Gasteiger partial charge in [0.15, 0.2) is 0 Å². The van der Waals surface area contributed by atoms with Crippen LogP contribution in [0.25, 0.3) is 0 Å². The average Bonchev–Trinajstić information content (AvgIpc) is 3.05. The quantitative estimate of drug-likeness (QED) is 0.854. The van der Waals surface area contributed by atoms with E-state index >= 15 is 0 Å². The summed E-state index contributed by atoms with van der Waals surface area (Å²) in [5, 5.41) is 3.41. The first-order valence-electron chi connectivity index (χ1n) is 9.38. The molecule has 3 aliphatic rings. The summed E-state index contributed by atoms with van der Waals surface area (Å²) in [6.45, 7) is 11.1. The maximum absolute atomic E-state index is 12.8. The van der Waals surface area contributed by atoms with Gasteiger partial charge in [-0.2, -0.15) is 0 Å². The number of carbonyl (C=O) groups is 1. The fourth-order valence-corrected chi connectivity index (χ4v) is 4.58. The molecule has 0 radical (unpaired) electrons. The van der Waals surface area contributed by atoms with E-state index in [1.807, 2.05) is 0 Å². The van der Waals surface area contributed by atoms with Gasteiger partial charge in [0.05, 0.1) is 0 Å². The summed E-state index contributed by atoms with van der Waals surface area (Å²) >= 11 is 0. The highest BCUT2D eigenvalue weighted by Gasteiger charge is 2.35. The molecule has 3 rings (SSSR count). The van der Waals surface area contributed by atoms with Crippen LogP contribution in [-0.2, 0) is 4.79 Å². The Morgan fingerprint density at radius 1 is 1.00 bits per heavy atom. The van der Waals surface area contributed by atoms with Crippen molar-refractivity contribution < 1.29 is 4.79 Å². The smallest absolute Gasteiger partial charge is 0.225 e. The zero-order valence-corrected chi connectivity index (χ0v) is 15.6. The second-order valence-corrected chi connectivity index (χ2v) is 7.87. The highest BCUT2D eigenvalue weighted by atomic mass is 35.5. The first kappa shape index (κ1) is 19.0. The Kier molecular flexibility index (Phi) is 7.18. The zero-order chi connectivity index (χ0) is 15.5. The Bertz CT molecular complexity index is 376. The van der Waals surface area contributed by atoms with Crippen molar-refractivity contribution in [1.82, 2.24) is 15.1 Å². The van der Waals surface area contributed by atoms with Crippen LogP contribution in [0, 0.1) is 17.8 Å². The van der Waals surface area contributed by atoms with Crippen LogP contribution in [0.5, 0.6) is 0 Å². The van der Waals surface area contributed by atoms with Crippen molar-refractivity contribution in [2.75, 3.05) is 39.3 Å². The van der Waals surface area contributed by atoms with Crippen LogP contribution in [0.4, 0.5) is 0 Å². The molecule has 0 aromatic heterocycles. The van der Waals surface area contributed by atoms with Gasteiger partial charge >= 0.3 is 0 Å². The molecular weight excluding hydrogens is 310 g/mol. The minimum atomic E-state index is 0. The SMILES string of the molecule is CC(C)C1CCC(C(=O)N2CCC(N3CCNCC3)C2)CC1.Cl. The molecule has 5 heteroatoms. The lowest BCUT2D eigenvalue weighted by Crippen LogP contribution is -2.49. The number of nitrogens with one attached hydrogen (secondary N) is 1. The summed E-state index contributed by atoms with van der Waals surface area (Å²) in [6, 6.07) is 0.609. The average molecular weight is 344 g/mol. The summed E-state index contributed by atoms with van der Waals surface area (Å²) < 4.78 is 0. The van der Waals surface area contributed by atoms with Crippen molar-refractivity contribution in [2.45, 2.75) is 52.0 Å². The van der Waals surface area contributed by atoms with Crippen LogP contribution in [0.1, 0.15) is 46.0 Å². The Morgan fingerprint density at radius 3 is 2.26 bits per heavy atom. The molecule has 3 fully saturated rings. The molecule has 0 spiro atoms. The number of halogens is 1. The molecular formula is C18H34ClN3O. The van der Waals surface area contributed by atoms with Crippen LogP contribution in [0.15, 0.2) is 0 Å². The highest BCUT2D eigenvalue weighted by molar-refractivity contribution is 5.85. The summed E-state index contributed by atoms with van der Waals surface area (Å²) in [7, 11) is 0. The zero-order valence-electron chi connectivity index (χ0n) is 14.8. The molecule has 134 valence electrons. The van der Waals surface area contributed by atoms with E-state index in [4.69, 9.17) is 0 Å². The number of hydrogen-bond acceptors (Lipinski definition) is 3. The first-order valence-corrected chi connectivity index (χ1v) is 9.38. The predicted octanol–water partition coefficient (Wildman–Crippen LogP) is 2.38. The Balaban J connectivity index is 0.00000192. The van der Waals surface area contributed by atoms with E-state index < -0.39 is 0 Å². The summed E-state index contributed by atoms with van der Waals surface area (Å²) in [5.41, 5.74) is 0. The maximum atomic E-state index is 12.8. The molecule has 23 heavy (non-hydrogen) atoms. The van der Waals surface area contributed by atoms with Crippen molar-refractivity contribution >= 4 is 18.3 Å². The van der Waals surface area contributed by atoms with Gasteiger partial charge in [-0.1, -0.05) is 13.8 Å². The van der Waals surface area contributed by atoms with Crippen molar-refractivity contribution in [3.8, 4) is 0 Å². The molecule has 2 aliphatic heterocycles. The van der Waals surface area contributed by atoms with Crippen LogP contribution >= 0.6 is 12.4 Å². The number of carbonyl (C=O) groups excluding carboxylic acids is 1. The van der Waals surface area contributed by atoms with Gasteiger partial charge in [0.2, 0.25) is 5.91 Å². The maximum Gasteiger partial charge on any atom is 0.225 e. The van der Waals surface area contributed by atoms with Crippen LogP contribution in [-0.4, -0.2) is 61.0 Å². The van der Waals surface area contributed by atoms with Crippen molar-refractivity contribution in [1.29, 1.82) is 0 Å². The Morgan fingerprint density at radius 2 is 1.65 bits per heavy atom. The van der Waals surface area contributed by atoms with Crippen molar-refractivity contribution in [3.05, 3.63) is 0 Å². The summed E-state index contributed by atoms with van der Waals surface area (Å²) in [5.74, 6) is 2.40. The van der Waals surface area contributed by atoms with E-state index in [9.17, 15) is 4.79 Å².